The molecule has 0 bridgehead atoms. The Bertz CT molecular complexity index is 1580. The fraction of sp³-hybridized carbons (Fsp3) is 0.258. The summed E-state index contributed by atoms with van der Waals surface area (Å²) in [5.74, 6) is 0.367. The van der Waals surface area contributed by atoms with Crippen LogP contribution in [0.4, 0.5) is 10.1 Å². The Kier molecular flexibility index (Phi) is 7.36. The van der Waals surface area contributed by atoms with Gasteiger partial charge in [0.05, 0.1) is 0 Å². The fourth-order valence-electron chi connectivity index (χ4n) is 4.92. The van der Waals surface area contributed by atoms with Gasteiger partial charge in [0.1, 0.15) is 11.7 Å². The highest BCUT2D eigenvalue weighted by Gasteiger charge is 2.22. The van der Waals surface area contributed by atoms with Gasteiger partial charge in [0.15, 0.2) is 5.82 Å². The molecule has 0 saturated carbocycles. The molecule has 0 spiro atoms. The van der Waals surface area contributed by atoms with Crippen molar-refractivity contribution in [1.29, 1.82) is 0 Å². The number of H-pyrrole nitrogens is 1. The predicted octanol–water partition coefficient (Wildman–Crippen LogP) is 7.07. The number of hydrogen-bond donors (Lipinski definition) is 1. The quantitative estimate of drug-likeness (QED) is 0.275. The minimum Gasteiger partial charge on any atom is -0.326 e. The van der Waals surface area contributed by atoms with Gasteiger partial charge in [0.25, 0.3) is 0 Å². The average Bonchev–Trinajstić information content (AvgIpc) is 3.35. The molecule has 0 radical (unpaired) electrons. The van der Waals surface area contributed by atoms with E-state index >= 15 is 4.39 Å². The third-order valence-electron chi connectivity index (χ3n) is 6.92. The summed E-state index contributed by atoms with van der Waals surface area (Å²) in [6.45, 7) is 6.98. The highest BCUT2D eigenvalue weighted by Crippen LogP contribution is 2.33. The molecule has 3 aromatic carbocycles. The summed E-state index contributed by atoms with van der Waals surface area (Å²) in [4.78, 5) is 21.2. The number of nitrogens with one attached hydrogen (secondary N) is 1. The average molecular weight is 511 g/mol. The largest absolute Gasteiger partial charge is 0.439 e. The number of allylic oxidation sites excluding steroid dienone is 1. The summed E-state index contributed by atoms with van der Waals surface area (Å²) in [5, 5.41) is 3.81. The molecule has 0 unspecified atom stereocenters. The molecule has 0 aliphatic carbocycles. The second-order valence-corrected chi connectivity index (χ2v) is 9.71. The summed E-state index contributed by atoms with van der Waals surface area (Å²) in [7, 11) is 0. The Morgan fingerprint density at radius 3 is 2.55 bits per heavy atom. The van der Waals surface area contributed by atoms with E-state index in [0.717, 1.165) is 47.6 Å². The van der Waals surface area contributed by atoms with Crippen molar-refractivity contribution < 1.29 is 8.91 Å². The van der Waals surface area contributed by atoms with Gasteiger partial charge >= 0.3 is 5.76 Å². The highest BCUT2D eigenvalue weighted by atomic mass is 19.1. The lowest BCUT2D eigenvalue weighted by Crippen LogP contribution is -2.34. The Balaban J connectivity index is 1.46. The van der Waals surface area contributed by atoms with E-state index in [-0.39, 0.29) is 5.82 Å². The molecule has 4 aromatic rings. The zero-order valence-corrected chi connectivity index (χ0v) is 21.9. The van der Waals surface area contributed by atoms with Gasteiger partial charge < -0.3 is 4.90 Å². The summed E-state index contributed by atoms with van der Waals surface area (Å²) >= 11 is 0. The van der Waals surface area contributed by atoms with Gasteiger partial charge in [-0.1, -0.05) is 67.0 Å². The van der Waals surface area contributed by atoms with Crippen molar-refractivity contribution in [3.05, 3.63) is 105 Å². The molecule has 2 heterocycles. The minimum atomic E-state index is -0.631. The summed E-state index contributed by atoms with van der Waals surface area (Å²) < 4.78 is 20.3. The van der Waals surface area contributed by atoms with Crippen LogP contribution in [0, 0.1) is 12.7 Å². The number of aryl methyl sites for hydroxylation is 1. The fourth-order valence-corrected chi connectivity index (χ4v) is 4.92. The molecule has 7 heteroatoms. The second-order valence-electron chi connectivity index (χ2n) is 9.71. The zero-order valence-electron chi connectivity index (χ0n) is 21.9. The Morgan fingerprint density at radius 2 is 1.84 bits per heavy atom. The van der Waals surface area contributed by atoms with Gasteiger partial charge in [-0.25, -0.2) is 14.2 Å². The maximum absolute atomic E-state index is 15.6. The topological polar surface area (TPSA) is 74.5 Å². The van der Waals surface area contributed by atoms with Crippen molar-refractivity contribution in [2.45, 2.75) is 46.5 Å². The molecule has 1 aliphatic rings. The second kappa shape index (κ2) is 11.0. The van der Waals surface area contributed by atoms with Crippen LogP contribution in [0.25, 0.3) is 22.5 Å². The summed E-state index contributed by atoms with van der Waals surface area (Å²) in [5.41, 5.74) is 7.24. The first kappa shape index (κ1) is 25.4. The van der Waals surface area contributed by atoms with Gasteiger partial charge in [-0.2, -0.15) is 0 Å². The number of amidine groups is 1. The predicted molar refractivity (Wildman–Crippen MR) is 150 cm³/mol. The van der Waals surface area contributed by atoms with Gasteiger partial charge in [0.2, 0.25) is 0 Å². The summed E-state index contributed by atoms with van der Waals surface area (Å²) in [6, 6.07) is 21.1. The van der Waals surface area contributed by atoms with Crippen LogP contribution in [-0.4, -0.2) is 22.5 Å². The third-order valence-corrected chi connectivity index (χ3v) is 6.92. The number of rotatable bonds is 8. The van der Waals surface area contributed by atoms with Gasteiger partial charge in [0, 0.05) is 29.9 Å². The van der Waals surface area contributed by atoms with Crippen molar-refractivity contribution in [2.75, 3.05) is 11.4 Å². The van der Waals surface area contributed by atoms with E-state index in [4.69, 9.17) is 4.99 Å². The van der Waals surface area contributed by atoms with E-state index < -0.39 is 5.76 Å². The summed E-state index contributed by atoms with van der Waals surface area (Å²) in [6.07, 6.45) is 3.49. The minimum absolute atomic E-state index is 0.276. The van der Waals surface area contributed by atoms with Gasteiger partial charge in [-0.05, 0) is 72.7 Å². The lowest BCUT2D eigenvalue weighted by Gasteiger charge is -2.31. The monoisotopic (exact) mass is 510 g/mol. The van der Waals surface area contributed by atoms with E-state index in [2.05, 4.69) is 57.7 Å². The number of anilines is 1. The molecule has 38 heavy (non-hydrogen) atoms. The molecule has 1 aliphatic heterocycles. The zero-order chi connectivity index (χ0) is 26.6. The van der Waals surface area contributed by atoms with Gasteiger partial charge in [-0.3, -0.25) is 9.51 Å². The number of unbranched alkanes of at least 4 members (excludes halogenated alkanes) is 1. The Morgan fingerprint density at radius 1 is 1.03 bits per heavy atom. The van der Waals surface area contributed by atoms with Crippen LogP contribution in [0.3, 0.4) is 0 Å². The molecule has 0 saturated heterocycles. The third kappa shape index (κ3) is 5.37. The van der Waals surface area contributed by atoms with Crippen molar-refractivity contribution in [1.82, 2.24) is 10.1 Å². The molecular formula is C31H31FN4O2. The molecule has 0 amide bonds. The van der Waals surface area contributed by atoms with Crippen LogP contribution in [0.1, 0.15) is 44.2 Å². The molecule has 1 aromatic heterocycles. The Hall–Kier alpha value is -4.26. The number of aliphatic imine (C=N–C) groups is 1. The Labute approximate surface area is 221 Å². The maximum atomic E-state index is 15.6. The van der Waals surface area contributed by atoms with Crippen LogP contribution in [0.15, 0.2) is 92.3 Å². The normalized spacial score (nSPS) is 13.7. The first-order valence-electron chi connectivity index (χ1n) is 13.0. The molecule has 194 valence electrons. The molecule has 1 N–H and O–H groups in total. The van der Waals surface area contributed by atoms with E-state index in [1.807, 2.05) is 43.3 Å². The first-order chi connectivity index (χ1) is 18.4. The van der Waals surface area contributed by atoms with Crippen LogP contribution in [-0.2, 0) is 6.42 Å². The number of halogens is 1. The van der Waals surface area contributed by atoms with Crippen molar-refractivity contribution in [2.24, 2.45) is 4.99 Å². The standard InChI is InChI=1S/C31H31FN4O2/c1-4-5-13-29-24(19-36(21(3)33-29)25-10-8-9-20(2)16-25)17-23-15-14-22(18-28(23)32)26-11-6-7-12-27(26)30-34-31(37)38-35-30/h6-12,14-16,18H,4-5,13,17,19H2,1-3H3,(H,34,35,37). The molecule has 6 nitrogen and oxygen atoms in total. The SMILES string of the molecule is CCCCC1=C(Cc2ccc(-c3ccccc3-c3noc(=O)[nH]3)cc2F)CN(c2cccc(C)c2)C(C)=N1. The van der Waals surface area contributed by atoms with E-state index in [9.17, 15) is 4.79 Å². The van der Waals surface area contributed by atoms with Crippen LogP contribution < -0.4 is 10.7 Å². The van der Waals surface area contributed by atoms with Crippen molar-refractivity contribution >= 4 is 11.5 Å². The molecule has 0 fully saturated rings. The van der Waals surface area contributed by atoms with Crippen molar-refractivity contribution in [3.8, 4) is 22.5 Å². The van der Waals surface area contributed by atoms with E-state index in [1.165, 1.54) is 5.56 Å². The molecule has 5 rings (SSSR count). The van der Waals surface area contributed by atoms with E-state index in [1.54, 1.807) is 6.07 Å². The lowest BCUT2D eigenvalue weighted by atomic mass is 9.94. The number of nitrogens with zero attached hydrogens (tertiary/aromatic N) is 3. The van der Waals surface area contributed by atoms with Gasteiger partial charge in [-0.15, -0.1) is 0 Å². The number of hydrogen-bond acceptors (Lipinski definition) is 5. The lowest BCUT2D eigenvalue weighted by molar-refractivity contribution is 0.388. The highest BCUT2D eigenvalue weighted by molar-refractivity contribution is 5.98. The van der Waals surface area contributed by atoms with Crippen LogP contribution in [0.5, 0.6) is 0 Å². The molecule has 0 atom stereocenters. The van der Waals surface area contributed by atoms with E-state index in [0.29, 0.717) is 35.5 Å². The number of aromatic amines is 1. The maximum Gasteiger partial charge on any atom is 0.439 e. The molecular weight excluding hydrogens is 479 g/mol. The van der Waals surface area contributed by atoms with Crippen LogP contribution in [0.2, 0.25) is 0 Å². The first-order valence-corrected chi connectivity index (χ1v) is 13.0. The van der Waals surface area contributed by atoms with Crippen molar-refractivity contribution in [3.63, 3.8) is 0 Å². The van der Waals surface area contributed by atoms with Crippen LogP contribution >= 0.6 is 0 Å². The number of aromatic nitrogens is 2. The number of benzene rings is 3. The smallest absolute Gasteiger partial charge is 0.326 e.